The van der Waals surface area contributed by atoms with Crippen molar-refractivity contribution in [2.75, 3.05) is 13.2 Å². The van der Waals surface area contributed by atoms with Crippen molar-refractivity contribution >= 4 is 16.9 Å². The molecule has 34 heavy (non-hydrogen) atoms. The number of aromatic nitrogens is 5. The number of H-pyrrole nitrogens is 1. The van der Waals surface area contributed by atoms with Crippen LogP contribution in [-0.4, -0.2) is 53.8 Å². The standard InChI is InChI=1S/C25H25N7O2/c1-16-24(20(13-26)30-29-16)25-18(9-11-33)6-8-22(28-25)32-15-27-19-12-17(5-7-21(19)32)14-31-10-3-2-4-23(31)34/h5-8,12,15,33H,2-4,9-11,14H2,1H3,(H,29,30). The Morgan fingerprint density at radius 3 is 2.91 bits per heavy atom. The minimum atomic E-state index is -0.0247. The number of amides is 1. The van der Waals surface area contributed by atoms with E-state index >= 15 is 0 Å². The molecule has 9 heteroatoms. The van der Waals surface area contributed by atoms with Crippen molar-refractivity contribution in [3.63, 3.8) is 0 Å². The molecule has 172 valence electrons. The lowest BCUT2D eigenvalue weighted by Crippen LogP contribution is -2.34. The van der Waals surface area contributed by atoms with Crippen LogP contribution in [0.4, 0.5) is 0 Å². The van der Waals surface area contributed by atoms with Crippen LogP contribution in [0.25, 0.3) is 28.1 Å². The highest BCUT2D eigenvalue weighted by molar-refractivity contribution is 5.79. The third-order valence-electron chi connectivity index (χ3n) is 6.29. The van der Waals surface area contributed by atoms with Gasteiger partial charge in [0, 0.05) is 31.8 Å². The summed E-state index contributed by atoms with van der Waals surface area (Å²) in [6.45, 7) is 3.22. The second kappa shape index (κ2) is 9.08. The number of fused-ring (bicyclic) bond motifs is 1. The topological polar surface area (TPSA) is 124 Å². The Kier molecular flexibility index (Phi) is 5.82. The van der Waals surface area contributed by atoms with Crippen molar-refractivity contribution in [2.45, 2.75) is 39.2 Å². The molecule has 5 rings (SSSR count). The van der Waals surface area contributed by atoms with Gasteiger partial charge >= 0.3 is 0 Å². The summed E-state index contributed by atoms with van der Waals surface area (Å²) in [5, 5.41) is 26.0. The van der Waals surface area contributed by atoms with Crippen LogP contribution in [0.2, 0.25) is 0 Å². The number of benzene rings is 1. The van der Waals surface area contributed by atoms with Gasteiger partial charge in [0.25, 0.3) is 0 Å². The second-order valence-electron chi connectivity index (χ2n) is 8.54. The molecule has 9 nitrogen and oxygen atoms in total. The zero-order valence-corrected chi connectivity index (χ0v) is 19.0. The lowest BCUT2D eigenvalue weighted by molar-refractivity contribution is -0.133. The van der Waals surface area contributed by atoms with E-state index in [1.807, 2.05) is 46.7 Å². The number of carbonyl (C=O) groups is 1. The number of hydrogen-bond donors (Lipinski definition) is 2. The van der Waals surface area contributed by atoms with Crippen molar-refractivity contribution in [3.05, 3.63) is 59.2 Å². The average Bonchev–Trinajstić information content (AvgIpc) is 3.44. The first-order chi connectivity index (χ1) is 16.6. The molecular weight excluding hydrogens is 430 g/mol. The monoisotopic (exact) mass is 455 g/mol. The minimum Gasteiger partial charge on any atom is -0.396 e. The SMILES string of the molecule is Cc1[nH]nc(C#N)c1-c1nc(-n2cnc3cc(CN4CCCCC4=O)ccc32)ccc1CCO. The summed E-state index contributed by atoms with van der Waals surface area (Å²) in [5.41, 5.74) is 5.88. The van der Waals surface area contributed by atoms with Crippen molar-refractivity contribution in [2.24, 2.45) is 0 Å². The predicted molar refractivity (Wildman–Crippen MR) is 126 cm³/mol. The first kappa shape index (κ1) is 21.8. The molecule has 1 aliphatic rings. The van der Waals surface area contributed by atoms with Crippen LogP contribution in [0.15, 0.2) is 36.7 Å². The maximum absolute atomic E-state index is 12.2. The van der Waals surface area contributed by atoms with E-state index < -0.39 is 0 Å². The Balaban J connectivity index is 1.53. The average molecular weight is 456 g/mol. The molecule has 0 aliphatic carbocycles. The molecule has 4 aromatic rings. The van der Waals surface area contributed by atoms with Crippen LogP contribution in [0.5, 0.6) is 0 Å². The number of aliphatic hydroxyl groups is 1. The number of nitrogens with one attached hydrogen (secondary N) is 1. The number of hydrogen-bond acceptors (Lipinski definition) is 6. The van der Waals surface area contributed by atoms with Gasteiger partial charge in [-0.25, -0.2) is 9.97 Å². The van der Waals surface area contributed by atoms with Gasteiger partial charge in [0.2, 0.25) is 5.91 Å². The van der Waals surface area contributed by atoms with Crippen LogP contribution in [-0.2, 0) is 17.8 Å². The molecule has 1 aliphatic heterocycles. The van der Waals surface area contributed by atoms with Gasteiger partial charge in [-0.3, -0.25) is 14.5 Å². The summed E-state index contributed by atoms with van der Waals surface area (Å²) < 4.78 is 1.90. The molecule has 1 fully saturated rings. The number of rotatable bonds is 6. The summed E-state index contributed by atoms with van der Waals surface area (Å²) in [6, 6.07) is 12.0. The summed E-state index contributed by atoms with van der Waals surface area (Å²) in [7, 11) is 0. The first-order valence-electron chi connectivity index (χ1n) is 11.4. The van der Waals surface area contributed by atoms with Gasteiger partial charge in [0.05, 0.1) is 22.3 Å². The van der Waals surface area contributed by atoms with E-state index in [4.69, 9.17) is 4.98 Å². The zero-order chi connectivity index (χ0) is 23.7. The van der Waals surface area contributed by atoms with Crippen molar-refractivity contribution in [1.82, 2.24) is 29.6 Å². The number of piperidine rings is 1. The van der Waals surface area contributed by atoms with E-state index in [9.17, 15) is 15.2 Å². The number of likely N-dealkylation sites (tertiary alicyclic amines) is 1. The molecule has 1 amide bonds. The van der Waals surface area contributed by atoms with E-state index in [-0.39, 0.29) is 18.2 Å². The Hall–Kier alpha value is -4.03. The molecule has 0 radical (unpaired) electrons. The highest BCUT2D eigenvalue weighted by Crippen LogP contribution is 2.29. The minimum absolute atomic E-state index is 0.0247. The summed E-state index contributed by atoms with van der Waals surface area (Å²) >= 11 is 0. The Labute approximate surface area is 196 Å². The number of carbonyl (C=O) groups excluding carboxylic acids is 1. The van der Waals surface area contributed by atoms with E-state index in [0.717, 1.165) is 47.2 Å². The molecule has 1 aromatic carbocycles. The van der Waals surface area contributed by atoms with Gasteiger partial charge in [-0.1, -0.05) is 12.1 Å². The molecule has 2 N–H and O–H groups in total. The summed E-state index contributed by atoms with van der Waals surface area (Å²) in [6.07, 6.45) is 4.79. The van der Waals surface area contributed by atoms with Crippen LogP contribution in [0.3, 0.4) is 0 Å². The molecular formula is C25H25N7O2. The van der Waals surface area contributed by atoms with Crippen LogP contribution >= 0.6 is 0 Å². The molecule has 0 atom stereocenters. The van der Waals surface area contributed by atoms with E-state index in [2.05, 4.69) is 21.3 Å². The first-order valence-corrected chi connectivity index (χ1v) is 11.4. The van der Waals surface area contributed by atoms with Crippen molar-refractivity contribution in [1.29, 1.82) is 5.26 Å². The third-order valence-corrected chi connectivity index (χ3v) is 6.29. The molecule has 0 bridgehead atoms. The molecule has 4 heterocycles. The number of aryl methyl sites for hydroxylation is 1. The number of pyridine rings is 1. The van der Waals surface area contributed by atoms with Gasteiger partial charge < -0.3 is 10.0 Å². The normalized spacial score (nSPS) is 14.0. The largest absolute Gasteiger partial charge is 0.396 e. The Morgan fingerprint density at radius 2 is 2.12 bits per heavy atom. The molecule has 1 saturated heterocycles. The number of nitriles is 1. The lowest BCUT2D eigenvalue weighted by atomic mass is 10.0. The number of aliphatic hydroxyl groups excluding tert-OH is 1. The van der Waals surface area contributed by atoms with Gasteiger partial charge in [0.1, 0.15) is 18.2 Å². The van der Waals surface area contributed by atoms with Crippen molar-refractivity contribution in [3.8, 4) is 23.1 Å². The van der Waals surface area contributed by atoms with E-state index in [1.165, 1.54) is 0 Å². The van der Waals surface area contributed by atoms with Gasteiger partial charge in [-0.2, -0.15) is 10.4 Å². The Morgan fingerprint density at radius 1 is 1.24 bits per heavy atom. The van der Waals surface area contributed by atoms with Gasteiger partial charge in [-0.15, -0.1) is 0 Å². The highest BCUT2D eigenvalue weighted by Gasteiger charge is 2.20. The second-order valence-corrected chi connectivity index (χ2v) is 8.54. The zero-order valence-electron chi connectivity index (χ0n) is 19.0. The fraction of sp³-hybridized carbons (Fsp3) is 0.320. The third kappa shape index (κ3) is 3.93. The van der Waals surface area contributed by atoms with Crippen LogP contribution in [0.1, 0.15) is 41.8 Å². The maximum Gasteiger partial charge on any atom is 0.222 e. The van der Waals surface area contributed by atoms with Crippen LogP contribution < -0.4 is 0 Å². The molecule has 0 saturated carbocycles. The van der Waals surface area contributed by atoms with E-state index in [1.54, 1.807) is 6.33 Å². The summed E-state index contributed by atoms with van der Waals surface area (Å²) in [4.78, 5) is 23.5. The number of aromatic amines is 1. The lowest BCUT2D eigenvalue weighted by Gasteiger charge is -2.26. The fourth-order valence-corrected chi connectivity index (χ4v) is 4.54. The maximum atomic E-state index is 12.2. The quantitative estimate of drug-likeness (QED) is 0.461. The van der Waals surface area contributed by atoms with Gasteiger partial charge in [0.15, 0.2) is 5.69 Å². The smallest absolute Gasteiger partial charge is 0.222 e. The Bertz CT molecular complexity index is 1410. The van der Waals surface area contributed by atoms with Gasteiger partial charge in [-0.05, 0) is 55.5 Å². The molecule has 0 unspecified atom stereocenters. The fourth-order valence-electron chi connectivity index (χ4n) is 4.54. The van der Waals surface area contributed by atoms with Crippen molar-refractivity contribution < 1.29 is 9.90 Å². The van der Waals surface area contributed by atoms with E-state index in [0.29, 0.717) is 36.5 Å². The number of nitrogens with zero attached hydrogens (tertiary/aromatic N) is 6. The molecule has 0 spiro atoms. The summed E-state index contributed by atoms with van der Waals surface area (Å²) in [5.74, 6) is 0.866. The predicted octanol–water partition coefficient (Wildman–Crippen LogP) is 3.04. The molecule has 3 aromatic heterocycles. The number of imidazole rings is 1. The van der Waals surface area contributed by atoms with Crippen LogP contribution in [0, 0.1) is 18.3 Å². The highest BCUT2D eigenvalue weighted by atomic mass is 16.3.